The van der Waals surface area contributed by atoms with Gasteiger partial charge in [-0.05, 0) is 66.1 Å². The van der Waals surface area contributed by atoms with E-state index in [1.54, 1.807) is 32.5 Å². The molecule has 6 nitrogen and oxygen atoms in total. The highest BCUT2D eigenvalue weighted by atomic mass is 32.1. The Morgan fingerprint density at radius 2 is 1.87 bits per heavy atom. The molecule has 0 spiro atoms. The van der Waals surface area contributed by atoms with Gasteiger partial charge in [0.05, 0.1) is 13.7 Å². The molecule has 0 bridgehead atoms. The maximum absolute atomic E-state index is 11.8. The van der Waals surface area contributed by atoms with Crippen LogP contribution in [0.25, 0.3) is 10.4 Å². The van der Waals surface area contributed by atoms with Crippen LogP contribution in [-0.4, -0.2) is 39.6 Å². The van der Waals surface area contributed by atoms with Crippen molar-refractivity contribution in [3.8, 4) is 16.2 Å². The number of nitrogens with one attached hydrogen (secondary N) is 3. The fourth-order valence-electron chi connectivity index (χ4n) is 3.11. The highest BCUT2D eigenvalue weighted by Crippen LogP contribution is 2.29. The minimum Gasteiger partial charge on any atom is -0.497 e. The third-order valence-corrected chi connectivity index (χ3v) is 5.95. The molecule has 3 N–H and O–H groups in total. The van der Waals surface area contributed by atoms with Crippen molar-refractivity contribution >= 4 is 23.2 Å². The summed E-state index contributed by atoms with van der Waals surface area (Å²) in [6.07, 6.45) is 0.798. The molecule has 7 heteroatoms. The Balaban J connectivity index is 1.49. The smallest absolute Gasteiger partial charge is 0.251 e. The first-order valence-electron chi connectivity index (χ1n) is 10.1. The van der Waals surface area contributed by atoms with Crippen molar-refractivity contribution in [1.82, 2.24) is 16.0 Å². The summed E-state index contributed by atoms with van der Waals surface area (Å²) in [5.74, 6) is 1.54. The zero-order valence-corrected chi connectivity index (χ0v) is 18.9. The lowest BCUT2D eigenvalue weighted by Crippen LogP contribution is -2.37. The van der Waals surface area contributed by atoms with Crippen molar-refractivity contribution in [2.75, 3.05) is 27.7 Å². The van der Waals surface area contributed by atoms with Gasteiger partial charge < -0.3 is 20.7 Å². The molecule has 0 atom stereocenters. The summed E-state index contributed by atoms with van der Waals surface area (Å²) in [6.45, 7) is 1.42. The summed E-state index contributed by atoms with van der Waals surface area (Å²) >= 11 is 1.76. The first-order chi connectivity index (χ1) is 15.1. The molecule has 162 valence electrons. The zero-order valence-electron chi connectivity index (χ0n) is 18.1. The molecule has 0 radical (unpaired) electrons. The van der Waals surface area contributed by atoms with E-state index < -0.39 is 0 Å². The molecule has 2 aromatic carbocycles. The van der Waals surface area contributed by atoms with E-state index in [4.69, 9.17) is 4.74 Å². The molecule has 1 heterocycles. The summed E-state index contributed by atoms with van der Waals surface area (Å²) in [5, 5.41) is 9.34. The average Bonchev–Trinajstić information content (AvgIpc) is 3.30. The maximum Gasteiger partial charge on any atom is 0.251 e. The number of hydrogen-bond acceptors (Lipinski definition) is 4. The molecule has 1 amide bonds. The second kappa shape index (κ2) is 11.2. The second-order valence-corrected chi connectivity index (χ2v) is 8.04. The molecule has 1 aromatic heterocycles. The fraction of sp³-hybridized carbons (Fsp3) is 0.250. The lowest BCUT2D eigenvalue weighted by Gasteiger charge is -2.11. The van der Waals surface area contributed by atoms with Crippen LogP contribution in [-0.2, 0) is 13.0 Å². The first kappa shape index (κ1) is 22.4. The minimum atomic E-state index is -0.0720. The van der Waals surface area contributed by atoms with E-state index in [1.165, 1.54) is 15.3 Å². The molecule has 0 saturated carbocycles. The van der Waals surface area contributed by atoms with Gasteiger partial charge in [-0.25, -0.2) is 0 Å². The van der Waals surface area contributed by atoms with Crippen LogP contribution in [0, 0.1) is 0 Å². The van der Waals surface area contributed by atoms with Crippen molar-refractivity contribution < 1.29 is 9.53 Å². The molecule has 0 unspecified atom stereocenters. The Labute approximate surface area is 187 Å². The number of guanidine groups is 1. The van der Waals surface area contributed by atoms with Crippen molar-refractivity contribution in [3.05, 3.63) is 76.7 Å². The Hall–Kier alpha value is -3.32. The van der Waals surface area contributed by atoms with Gasteiger partial charge in [0.15, 0.2) is 5.96 Å². The molecule has 0 aliphatic carbocycles. The van der Waals surface area contributed by atoms with Gasteiger partial charge in [-0.2, -0.15) is 0 Å². The van der Waals surface area contributed by atoms with Gasteiger partial charge in [0, 0.05) is 36.0 Å². The van der Waals surface area contributed by atoms with Gasteiger partial charge in [0.1, 0.15) is 5.75 Å². The van der Waals surface area contributed by atoms with E-state index in [0.29, 0.717) is 12.1 Å². The van der Waals surface area contributed by atoms with E-state index in [2.05, 4.69) is 45.2 Å². The zero-order chi connectivity index (χ0) is 22.1. The number of nitrogens with zero attached hydrogens (tertiary/aromatic N) is 1. The summed E-state index contributed by atoms with van der Waals surface area (Å²) < 4.78 is 5.22. The Morgan fingerprint density at radius 3 is 2.58 bits per heavy atom. The minimum absolute atomic E-state index is 0.0720. The normalized spacial score (nSPS) is 11.1. The lowest BCUT2D eigenvalue weighted by molar-refractivity contribution is 0.0963. The standard InChI is InChI=1S/C24H28N4O2S/c1-25-23(29)19-6-4-5-17(15-19)13-14-27-24(26-2)28-16-21-11-12-22(31-21)18-7-9-20(30-3)10-8-18/h4-12,15H,13-14,16H2,1-3H3,(H,25,29)(H2,26,27,28). The van der Waals surface area contributed by atoms with Crippen LogP contribution in [0.3, 0.4) is 0 Å². The predicted octanol–water partition coefficient (Wildman–Crippen LogP) is 3.69. The Morgan fingerprint density at radius 1 is 1.06 bits per heavy atom. The first-order valence-corrected chi connectivity index (χ1v) is 10.9. The molecular formula is C24H28N4O2S. The third-order valence-electron chi connectivity index (χ3n) is 4.81. The maximum atomic E-state index is 11.8. The molecule has 0 fully saturated rings. The molecule has 0 aliphatic rings. The van der Waals surface area contributed by atoms with E-state index in [0.717, 1.165) is 30.2 Å². The molecule has 0 saturated heterocycles. The van der Waals surface area contributed by atoms with E-state index in [1.807, 2.05) is 36.4 Å². The fourth-order valence-corrected chi connectivity index (χ4v) is 4.07. The van der Waals surface area contributed by atoms with Gasteiger partial charge in [0.2, 0.25) is 0 Å². The number of benzene rings is 2. The Bertz CT molecular complexity index is 1030. The van der Waals surface area contributed by atoms with Crippen molar-refractivity contribution in [3.63, 3.8) is 0 Å². The summed E-state index contributed by atoms with van der Waals surface area (Å²) in [5.41, 5.74) is 2.96. The number of carbonyl (C=O) groups is 1. The van der Waals surface area contributed by atoms with E-state index in [9.17, 15) is 4.79 Å². The van der Waals surface area contributed by atoms with Crippen molar-refractivity contribution in [2.24, 2.45) is 4.99 Å². The van der Waals surface area contributed by atoms with Crippen LogP contribution in [0.1, 0.15) is 20.8 Å². The number of hydrogen-bond donors (Lipinski definition) is 3. The number of aliphatic imine (C=N–C) groups is 1. The monoisotopic (exact) mass is 436 g/mol. The topological polar surface area (TPSA) is 74.8 Å². The number of rotatable bonds is 8. The number of methoxy groups -OCH3 is 1. The number of thiophene rings is 1. The van der Waals surface area contributed by atoms with Crippen LogP contribution < -0.4 is 20.7 Å². The molecule has 3 rings (SSSR count). The number of carbonyl (C=O) groups excluding carboxylic acids is 1. The molecule has 3 aromatic rings. The largest absolute Gasteiger partial charge is 0.497 e. The molecule has 31 heavy (non-hydrogen) atoms. The van der Waals surface area contributed by atoms with Gasteiger partial charge in [-0.15, -0.1) is 11.3 Å². The van der Waals surface area contributed by atoms with Crippen molar-refractivity contribution in [1.29, 1.82) is 0 Å². The predicted molar refractivity (Wildman–Crippen MR) is 128 cm³/mol. The van der Waals surface area contributed by atoms with E-state index in [-0.39, 0.29) is 5.91 Å². The van der Waals surface area contributed by atoms with Crippen LogP contribution in [0.15, 0.2) is 65.7 Å². The van der Waals surface area contributed by atoms with Crippen molar-refractivity contribution in [2.45, 2.75) is 13.0 Å². The van der Waals surface area contributed by atoms with Gasteiger partial charge >= 0.3 is 0 Å². The highest BCUT2D eigenvalue weighted by molar-refractivity contribution is 7.15. The van der Waals surface area contributed by atoms with Crippen LogP contribution in [0.4, 0.5) is 0 Å². The Kier molecular flexibility index (Phi) is 8.06. The van der Waals surface area contributed by atoms with Crippen LogP contribution in [0.2, 0.25) is 0 Å². The number of ether oxygens (including phenoxy) is 1. The van der Waals surface area contributed by atoms with E-state index >= 15 is 0 Å². The van der Waals surface area contributed by atoms with Gasteiger partial charge in [0.25, 0.3) is 5.91 Å². The van der Waals surface area contributed by atoms with Gasteiger partial charge in [-0.1, -0.05) is 12.1 Å². The average molecular weight is 437 g/mol. The third kappa shape index (κ3) is 6.33. The molecule has 0 aliphatic heterocycles. The highest BCUT2D eigenvalue weighted by Gasteiger charge is 2.06. The quantitative estimate of drug-likeness (QED) is 0.372. The summed E-state index contributed by atoms with van der Waals surface area (Å²) in [7, 11) is 5.07. The van der Waals surface area contributed by atoms with Crippen LogP contribution >= 0.6 is 11.3 Å². The summed E-state index contributed by atoms with van der Waals surface area (Å²) in [4.78, 5) is 18.5. The lowest BCUT2D eigenvalue weighted by atomic mass is 10.1. The second-order valence-electron chi connectivity index (χ2n) is 6.88. The SMILES string of the molecule is CN=C(NCCc1cccc(C(=O)NC)c1)NCc1ccc(-c2ccc(OC)cc2)s1. The number of amides is 1. The van der Waals surface area contributed by atoms with Gasteiger partial charge in [-0.3, -0.25) is 9.79 Å². The molecular weight excluding hydrogens is 408 g/mol. The van der Waals surface area contributed by atoms with Crippen LogP contribution in [0.5, 0.6) is 5.75 Å². The summed E-state index contributed by atoms with van der Waals surface area (Å²) in [6, 6.07) is 20.0.